The van der Waals surface area contributed by atoms with Gasteiger partial charge in [-0.05, 0) is 30.2 Å². The maximum absolute atomic E-state index is 12.3. The number of aliphatic hydroxyl groups is 2. The molecule has 0 amide bonds. The predicted octanol–water partition coefficient (Wildman–Crippen LogP) is 0.957. The van der Waals surface area contributed by atoms with E-state index in [-0.39, 0.29) is 24.7 Å². The molecule has 2 aromatic rings. The van der Waals surface area contributed by atoms with Crippen molar-refractivity contribution in [3.63, 3.8) is 0 Å². The number of anilines is 1. The molecule has 2 aromatic carbocycles. The van der Waals surface area contributed by atoms with E-state index in [1.165, 1.54) is 0 Å². The van der Waals surface area contributed by atoms with E-state index in [1.807, 2.05) is 48.5 Å². The van der Waals surface area contributed by atoms with E-state index in [1.54, 1.807) is 4.57 Å². The third-order valence-corrected chi connectivity index (χ3v) is 5.14. The van der Waals surface area contributed by atoms with E-state index in [9.17, 15) is 14.7 Å². The van der Waals surface area contributed by atoms with E-state index in [0.29, 0.717) is 37.2 Å². The van der Waals surface area contributed by atoms with Gasteiger partial charge in [-0.1, -0.05) is 30.3 Å². The van der Waals surface area contributed by atoms with Crippen molar-refractivity contribution in [3.8, 4) is 11.5 Å². The first-order chi connectivity index (χ1) is 16.0. The van der Waals surface area contributed by atoms with Crippen LogP contribution in [-0.4, -0.2) is 55.7 Å². The lowest BCUT2D eigenvalue weighted by Crippen LogP contribution is -2.29. The molecular weight excluding hydrogens is 426 g/mol. The van der Waals surface area contributed by atoms with Crippen molar-refractivity contribution in [1.29, 1.82) is 0 Å². The van der Waals surface area contributed by atoms with Gasteiger partial charge >= 0.3 is 5.69 Å². The lowest BCUT2D eigenvalue weighted by atomic mass is 10.2. The van der Waals surface area contributed by atoms with Crippen LogP contribution in [0.4, 0.5) is 5.69 Å². The second-order valence-electron chi connectivity index (χ2n) is 7.61. The summed E-state index contributed by atoms with van der Waals surface area (Å²) in [5.74, 6) is 0.201. The molecule has 0 fully saturated rings. The fraction of sp³-hybridized carbons (Fsp3) is 0.304. The number of aliphatic hydroxyl groups excluding tert-OH is 2. The van der Waals surface area contributed by atoms with Gasteiger partial charge in [0.1, 0.15) is 6.10 Å². The highest BCUT2D eigenvalue weighted by molar-refractivity contribution is 5.82. The number of H-pyrrole nitrogens is 1. The van der Waals surface area contributed by atoms with Crippen LogP contribution >= 0.6 is 0 Å². The van der Waals surface area contributed by atoms with Crippen LogP contribution in [-0.2, 0) is 17.8 Å². The number of aryl methyl sites for hydroxylation is 1. The average Bonchev–Trinajstić information content (AvgIpc) is 2.83. The van der Waals surface area contributed by atoms with Crippen LogP contribution in [0.25, 0.3) is 22.6 Å². The standard InChI is InChI=1S/C23H25N5O5/c29-13-17(30)14-33-10-4-9-28-19-11-16(24-12-15-5-2-1-3-6-15)7-8-18(19)25-20-21(28)26-23(32)27-22(20)31/h1-3,5-8,11,17,24,29-30H,4,9-10,12-14H2,(H,27,31,32). The highest BCUT2D eigenvalue weighted by Crippen LogP contribution is 2.24. The zero-order valence-electron chi connectivity index (χ0n) is 17.9. The van der Waals surface area contributed by atoms with E-state index >= 15 is 0 Å². The molecule has 172 valence electrons. The van der Waals surface area contributed by atoms with Gasteiger partial charge in [-0.25, -0.2) is 9.78 Å². The summed E-state index contributed by atoms with van der Waals surface area (Å²) < 4.78 is 7.18. The summed E-state index contributed by atoms with van der Waals surface area (Å²) in [6.07, 6.45) is -0.400. The quantitative estimate of drug-likeness (QED) is 0.206. The van der Waals surface area contributed by atoms with E-state index < -0.39 is 17.4 Å². The molecule has 0 spiro atoms. The molecule has 2 heterocycles. The van der Waals surface area contributed by atoms with Crippen LogP contribution in [0.1, 0.15) is 12.0 Å². The third-order valence-electron chi connectivity index (χ3n) is 5.14. The lowest BCUT2D eigenvalue weighted by molar-refractivity contribution is 0.00503. The molecule has 1 atom stereocenters. The summed E-state index contributed by atoms with van der Waals surface area (Å²) >= 11 is 0. The molecule has 0 bridgehead atoms. The zero-order chi connectivity index (χ0) is 23.2. The van der Waals surface area contributed by atoms with Crippen LogP contribution in [0.15, 0.2) is 58.1 Å². The van der Waals surface area contributed by atoms with Gasteiger partial charge in [-0.2, -0.15) is 4.98 Å². The first-order valence-electron chi connectivity index (χ1n) is 10.6. The number of hydrogen-bond donors (Lipinski definition) is 4. The fourth-order valence-corrected chi connectivity index (χ4v) is 3.53. The highest BCUT2D eigenvalue weighted by atomic mass is 16.5. The summed E-state index contributed by atoms with van der Waals surface area (Å²) in [5.41, 5.74) is 2.06. The van der Waals surface area contributed by atoms with Crippen molar-refractivity contribution in [1.82, 2.24) is 19.5 Å². The highest BCUT2D eigenvalue weighted by Gasteiger charge is 2.18. The van der Waals surface area contributed by atoms with Crippen molar-refractivity contribution >= 4 is 16.7 Å². The van der Waals surface area contributed by atoms with Gasteiger partial charge in [-0.3, -0.25) is 9.78 Å². The minimum atomic E-state index is -0.929. The molecule has 10 nitrogen and oxygen atoms in total. The molecule has 4 N–H and O–H groups in total. The number of rotatable bonds is 10. The number of nitrogens with zero attached hydrogens (tertiary/aromatic N) is 3. The summed E-state index contributed by atoms with van der Waals surface area (Å²) in [4.78, 5) is 34.9. The Labute approximate surface area is 188 Å². The van der Waals surface area contributed by atoms with Crippen LogP contribution in [0.3, 0.4) is 0 Å². The number of ether oxygens (including phenoxy) is 1. The van der Waals surface area contributed by atoms with Crippen LogP contribution < -0.4 is 16.6 Å². The molecule has 10 heteroatoms. The molecule has 1 unspecified atom stereocenters. The number of hydrogen-bond acceptors (Lipinski definition) is 8. The number of aromatic amines is 1. The van der Waals surface area contributed by atoms with E-state index in [4.69, 9.17) is 9.84 Å². The molecule has 0 saturated heterocycles. The minimum Gasteiger partial charge on any atom is -0.394 e. The Balaban J connectivity index is 1.65. The van der Waals surface area contributed by atoms with Crippen molar-refractivity contribution in [2.75, 3.05) is 25.1 Å². The summed E-state index contributed by atoms with van der Waals surface area (Å²) in [5, 5.41) is 21.7. The van der Waals surface area contributed by atoms with Crippen LogP contribution in [0.2, 0.25) is 0 Å². The SMILES string of the molecule is O=c1nc2n(CCCOCC(O)CO)c3cc(NCc4ccccc4)ccc3nc-2c(=O)[nH]1. The number of aromatic nitrogens is 4. The van der Waals surface area contributed by atoms with Crippen molar-refractivity contribution in [2.45, 2.75) is 25.6 Å². The lowest BCUT2D eigenvalue weighted by Gasteiger charge is -2.18. The van der Waals surface area contributed by atoms with Crippen molar-refractivity contribution < 1.29 is 14.9 Å². The summed E-state index contributed by atoms with van der Waals surface area (Å²) in [6, 6.07) is 15.6. The number of nitrogens with one attached hydrogen (secondary N) is 2. The summed E-state index contributed by atoms with van der Waals surface area (Å²) in [7, 11) is 0. The topological polar surface area (TPSA) is 142 Å². The van der Waals surface area contributed by atoms with Gasteiger partial charge in [0.05, 0.1) is 24.2 Å². The van der Waals surface area contributed by atoms with Gasteiger partial charge in [-0.15, -0.1) is 0 Å². The average molecular weight is 451 g/mol. The molecule has 0 radical (unpaired) electrons. The fourth-order valence-electron chi connectivity index (χ4n) is 3.53. The Morgan fingerprint density at radius 3 is 2.73 bits per heavy atom. The van der Waals surface area contributed by atoms with Gasteiger partial charge in [0.25, 0.3) is 5.56 Å². The van der Waals surface area contributed by atoms with Gasteiger partial charge < -0.3 is 24.8 Å². The normalized spacial score (nSPS) is 12.3. The van der Waals surface area contributed by atoms with Crippen molar-refractivity contribution in [2.24, 2.45) is 0 Å². The smallest absolute Gasteiger partial charge is 0.349 e. The molecule has 0 saturated carbocycles. The zero-order valence-corrected chi connectivity index (χ0v) is 17.9. The third kappa shape index (κ3) is 5.43. The largest absolute Gasteiger partial charge is 0.394 e. The Kier molecular flexibility index (Phi) is 7.08. The maximum Gasteiger partial charge on any atom is 0.349 e. The van der Waals surface area contributed by atoms with E-state index in [2.05, 4.69) is 20.3 Å². The molecular formula is C23H25N5O5. The second-order valence-corrected chi connectivity index (χ2v) is 7.61. The molecule has 0 aliphatic carbocycles. The molecule has 33 heavy (non-hydrogen) atoms. The molecule has 0 aromatic heterocycles. The number of fused-ring (bicyclic) bond motifs is 2. The molecule has 2 aliphatic heterocycles. The van der Waals surface area contributed by atoms with Gasteiger partial charge in [0.15, 0.2) is 11.5 Å². The minimum absolute atomic E-state index is 0.0230. The number of benzene rings is 2. The van der Waals surface area contributed by atoms with E-state index in [0.717, 1.165) is 11.3 Å². The monoisotopic (exact) mass is 451 g/mol. The van der Waals surface area contributed by atoms with Gasteiger partial charge in [0, 0.05) is 25.4 Å². The van der Waals surface area contributed by atoms with Gasteiger partial charge in [0.2, 0.25) is 0 Å². The predicted molar refractivity (Wildman–Crippen MR) is 123 cm³/mol. The Hall–Kier alpha value is -3.60. The van der Waals surface area contributed by atoms with Crippen LogP contribution in [0, 0.1) is 0 Å². The first-order valence-corrected chi connectivity index (χ1v) is 10.6. The second kappa shape index (κ2) is 10.3. The molecule has 4 rings (SSSR count). The Bertz CT molecular complexity index is 1300. The van der Waals surface area contributed by atoms with Crippen LogP contribution in [0.5, 0.6) is 0 Å². The Morgan fingerprint density at radius 1 is 1.12 bits per heavy atom. The summed E-state index contributed by atoms with van der Waals surface area (Å²) in [6.45, 7) is 1.01. The molecule has 2 aliphatic rings. The maximum atomic E-state index is 12.3. The first kappa shape index (κ1) is 22.6. The Morgan fingerprint density at radius 2 is 1.94 bits per heavy atom. The van der Waals surface area contributed by atoms with Crippen molar-refractivity contribution in [3.05, 3.63) is 74.9 Å².